The van der Waals surface area contributed by atoms with E-state index in [9.17, 15) is 9.59 Å². The minimum Gasteiger partial charge on any atom is -0.340 e. The van der Waals surface area contributed by atoms with Gasteiger partial charge in [0.15, 0.2) is 5.65 Å². The first-order valence-electron chi connectivity index (χ1n) is 6.67. The van der Waals surface area contributed by atoms with E-state index in [2.05, 4.69) is 10.4 Å². The van der Waals surface area contributed by atoms with Gasteiger partial charge in [0.1, 0.15) is 6.54 Å². The lowest BCUT2D eigenvalue weighted by Gasteiger charge is -2.23. The van der Waals surface area contributed by atoms with Crippen molar-refractivity contribution in [1.29, 1.82) is 0 Å². The summed E-state index contributed by atoms with van der Waals surface area (Å²) in [4.78, 5) is 26.0. The van der Waals surface area contributed by atoms with Crippen LogP contribution < -0.4 is 11.0 Å². The summed E-state index contributed by atoms with van der Waals surface area (Å²) in [5.74, 6) is -0.0933. The Labute approximate surface area is 128 Å². The van der Waals surface area contributed by atoms with Crippen LogP contribution in [-0.2, 0) is 11.3 Å². The fourth-order valence-electron chi connectivity index (χ4n) is 2.48. The number of nitrogens with one attached hydrogen (secondary N) is 1. The quantitative estimate of drug-likeness (QED) is 0.847. The molecule has 1 saturated heterocycles. The lowest BCUT2D eigenvalue weighted by molar-refractivity contribution is -0.132. The molecule has 1 atom stereocenters. The summed E-state index contributed by atoms with van der Waals surface area (Å²) >= 11 is 0. The average molecular weight is 312 g/mol. The van der Waals surface area contributed by atoms with Gasteiger partial charge < -0.3 is 10.2 Å². The van der Waals surface area contributed by atoms with Crippen molar-refractivity contribution < 1.29 is 4.79 Å². The van der Waals surface area contributed by atoms with E-state index in [-0.39, 0.29) is 36.6 Å². The predicted octanol–water partition coefficient (Wildman–Crippen LogP) is -0.262. The molecule has 0 spiro atoms. The number of hydrogen-bond donors (Lipinski definition) is 1. The maximum absolute atomic E-state index is 12.2. The van der Waals surface area contributed by atoms with E-state index < -0.39 is 0 Å². The molecule has 0 radical (unpaired) electrons. The van der Waals surface area contributed by atoms with Crippen LogP contribution in [0.5, 0.6) is 0 Å². The van der Waals surface area contributed by atoms with E-state index in [1.165, 1.54) is 9.08 Å². The molecule has 8 heteroatoms. The van der Waals surface area contributed by atoms with Gasteiger partial charge in [0.25, 0.3) is 0 Å². The Hall–Kier alpha value is -1.86. The molecule has 0 saturated carbocycles. The van der Waals surface area contributed by atoms with Crippen LogP contribution in [0, 0.1) is 0 Å². The Morgan fingerprint density at radius 3 is 3.00 bits per heavy atom. The molecule has 0 aromatic carbocycles. The highest BCUT2D eigenvalue weighted by atomic mass is 35.5. The van der Waals surface area contributed by atoms with Crippen LogP contribution in [0.3, 0.4) is 0 Å². The standard InChI is InChI=1S/C13H17N5O2.ClH/c1-16(10-5-6-14-8-10)12(19)9-18-13(20)17-7-3-2-4-11(17)15-18;/h2-4,7,10,14H,5-6,8-9H2,1H3;1H. The fourth-order valence-corrected chi connectivity index (χ4v) is 2.48. The molecule has 3 rings (SSSR count). The zero-order chi connectivity index (χ0) is 14.1. The first-order valence-corrected chi connectivity index (χ1v) is 6.67. The number of nitrogens with zero attached hydrogens (tertiary/aromatic N) is 4. The van der Waals surface area contributed by atoms with E-state index in [1.54, 1.807) is 30.3 Å². The third-order valence-corrected chi connectivity index (χ3v) is 3.75. The smallest absolute Gasteiger partial charge is 0.340 e. The number of likely N-dealkylation sites (N-methyl/N-ethyl adjacent to an activating group) is 1. The molecule has 3 heterocycles. The lowest BCUT2D eigenvalue weighted by atomic mass is 10.2. The highest BCUT2D eigenvalue weighted by Crippen LogP contribution is 2.06. The first-order chi connectivity index (χ1) is 9.66. The third-order valence-electron chi connectivity index (χ3n) is 3.75. The summed E-state index contributed by atoms with van der Waals surface area (Å²) in [5, 5.41) is 7.39. The fraction of sp³-hybridized carbons (Fsp3) is 0.462. The van der Waals surface area contributed by atoms with Crippen molar-refractivity contribution in [3.63, 3.8) is 0 Å². The van der Waals surface area contributed by atoms with Gasteiger partial charge in [-0.05, 0) is 25.1 Å². The van der Waals surface area contributed by atoms with Crippen LogP contribution in [-0.4, -0.2) is 51.2 Å². The van der Waals surface area contributed by atoms with E-state index in [4.69, 9.17) is 0 Å². The Morgan fingerprint density at radius 1 is 1.52 bits per heavy atom. The van der Waals surface area contributed by atoms with Crippen molar-refractivity contribution in [3.8, 4) is 0 Å². The van der Waals surface area contributed by atoms with Crippen LogP contribution in [0.2, 0.25) is 0 Å². The first kappa shape index (κ1) is 15.5. The maximum atomic E-state index is 12.2. The number of aromatic nitrogens is 3. The molecule has 1 aliphatic rings. The predicted molar refractivity (Wildman–Crippen MR) is 80.7 cm³/mol. The molecule has 1 fully saturated rings. The minimum atomic E-state index is -0.285. The van der Waals surface area contributed by atoms with Gasteiger partial charge in [0.2, 0.25) is 5.91 Å². The van der Waals surface area contributed by atoms with Crippen LogP contribution in [0.15, 0.2) is 29.2 Å². The third kappa shape index (κ3) is 2.93. The van der Waals surface area contributed by atoms with Crippen LogP contribution in [0.1, 0.15) is 6.42 Å². The summed E-state index contributed by atoms with van der Waals surface area (Å²) in [6.07, 6.45) is 2.60. The van der Waals surface area contributed by atoms with Crippen molar-refractivity contribution in [2.45, 2.75) is 19.0 Å². The molecule has 114 valence electrons. The lowest BCUT2D eigenvalue weighted by Crippen LogP contribution is -2.41. The van der Waals surface area contributed by atoms with E-state index in [0.29, 0.717) is 5.65 Å². The second-order valence-corrected chi connectivity index (χ2v) is 5.02. The van der Waals surface area contributed by atoms with Gasteiger partial charge >= 0.3 is 5.69 Å². The summed E-state index contributed by atoms with van der Waals surface area (Å²) in [5.41, 5.74) is 0.266. The molecule has 1 N–H and O–H groups in total. The number of hydrogen-bond acceptors (Lipinski definition) is 4. The molecular formula is C13H18ClN5O2. The zero-order valence-electron chi connectivity index (χ0n) is 11.7. The van der Waals surface area contributed by atoms with Gasteiger partial charge in [-0.2, -0.15) is 0 Å². The highest BCUT2D eigenvalue weighted by Gasteiger charge is 2.24. The SMILES string of the molecule is CN(C(=O)Cn1nc2ccccn2c1=O)C1CCNC1.Cl. The summed E-state index contributed by atoms with van der Waals surface area (Å²) in [6.45, 7) is 1.71. The van der Waals surface area contributed by atoms with Crippen molar-refractivity contribution in [2.24, 2.45) is 0 Å². The Balaban J connectivity index is 0.00000161. The number of pyridine rings is 1. The van der Waals surface area contributed by atoms with Crippen molar-refractivity contribution in [3.05, 3.63) is 34.9 Å². The largest absolute Gasteiger partial charge is 0.350 e. The monoisotopic (exact) mass is 311 g/mol. The number of amides is 1. The second kappa shape index (κ2) is 6.28. The molecular weight excluding hydrogens is 294 g/mol. The summed E-state index contributed by atoms with van der Waals surface area (Å²) in [6, 6.07) is 5.52. The molecule has 7 nitrogen and oxygen atoms in total. The highest BCUT2D eigenvalue weighted by molar-refractivity contribution is 5.85. The topological polar surface area (TPSA) is 71.6 Å². The summed E-state index contributed by atoms with van der Waals surface area (Å²) < 4.78 is 2.65. The molecule has 0 bridgehead atoms. The van der Waals surface area contributed by atoms with Gasteiger partial charge in [0, 0.05) is 25.8 Å². The normalized spacial score (nSPS) is 17.7. The molecule has 1 amide bonds. The van der Waals surface area contributed by atoms with Crippen LogP contribution in [0.4, 0.5) is 0 Å². The maximum Gasteiger partial charge on any atom is 0.350 e. The summed E-state index contributed by atoms with van der Waals surface area (Å²) in [7, 11) is 1.78. The molecule has 21 heavy (non-hydrogen) atoms. The van der Waals surface area contributed by atoms with Crippen LogP contribution in [0.25, 0.3) is 5.65 Å². The molecule has 2 aromatic rings. The van der Waals surface area contributed by atoms with E-state index in [1.807, 2.05) is 6.07 Å². The van der Waals surface area contributed by atoms with Gasteiger partial charge in [-0.25, -0.2) is 9.48 Å². The minimum absolute atomic E-state index is 0. The number of carbonyl (C=O) groups is 1. The number of halogens is 1. The van der Waals surface area contributed by atoms with Gasteiger partial charge in [-0.1, -0.05) is 6.07 Å². The van der Waals surface area contributed by atoms with E-state index in [0.717, 1.165) is 19.5 Å². The van der Waals surface area contributed by atoms with Crippen LogP contribution >= 0.6 is 12.4 Å². The second-order valence-electron chi connectivity index (χ2n) is 5.02. The van der Waals surface area contributed by atoms with Gasteiger partial charge in [0.05, 0.1) is 0 Å². The molecule has 0 aliphatic carbocycles. The number of rotatable bonds is 3. The molecule has 1 unspecified atom stereocenters. The zero-order valence-corrected chi connectivity index (χ0v) is 12.5. The Morgan fingerprint density at radius 2 is 2.33 bits per heavy atom. The molecule has 1 aliphatic heterocycles. The van der Waals surface area contributed by atoms with Gasteiger partial charge in [-0.15, -0.1) is 17.5 Å². The van der Waals surface area contributed by atoms with Crippen molar-refractivity contribution >= 4 is 24.0 Å². The average Bonchev–Trinajstić information content (AvgIpc) is 3.08. The van der Waals surface area contributed by atoms with E-state index >= 15 is 0 Å². The number of fused-ring (bicyclic) bond motifs is 1. The molecule has 2 aromatic heterocycles. The Bertz CT molecular complexity index is 689. The van der Waals surface area contributed by atoms with Gasteiger partial charge in [-0.3, -0.25) is 9.20 Å². The Kier molecular flexibility index (Phi) is 4.64. The number of carbonyl (C=O) groups excluding carboxylic acids is 1. The van der Waals surface area contributed by atoms with Crippen molar-refractivity contribution in [1.82, 2.24) is 24.4 Å². The van der Waals surface area contributed by atoms with Crippen molar-refractivity contribution in [2.75, 3.05) is 20.1 Å².